The number of anilines is 1. The predicted molar refractivity (Wildman–Crippen MR) is 140 cm³/mol. The van der Waals surface area contributed by atoms with Crippen molar-refractivity contribution in [3.8, 4) is 17.5 Å². The number of nitrogens with one attached hydrogen (secondary N) is 2. The van der Waals surface area contributed by atoms with E-state index in [2.05, 4.69) is 36.4 Å². The zero-order chi connectivity index (χ0) is 25.8. The van der Waals surface area contributed by atoms with Gasteiger partial charge in [-0.25, -0.2) is 13.4 Å². The van der Waals surface area contributed by atoms with E-state index in [1.165, 1.54) is 0 Å². The molecule has 1 atom stereocenters. The van der Waals surface area contributed by atoms with Crippen molar-refractivity contribution in [2.24, 2.45) is 0 Å². The number of amides is 1. The number of rotatable bonds is 7. The Balaban J connectivity index is 1.18. The third kappa shape index (κ3) is 6.22. The number of hydrogen-bond acceptors (Lipinski definition) is 8. The van der Waals surface area contributed by atoms with Gasteiger partial charge in [-0.2, -0.15) is 10.4 Å². The van der Waals surface area contributed by atoms with E-state index in [0.29, 0.717) is 43.3 Å². The van der Waals surface area contributed by atoms with Crippen molar-refractivity contribution in [1.29, 1.82) is 5.26 Å². The van der Waals surface area contributed by atoms with Crippen LogP contribution in [0.1, 0.15) is 34.1 Å². The van der Waals surface area contributed by atoms with Crippen LogP contribution in [0, 0.1) is 11.3 Å². The molecule has 192 valence electrons. The molecule has 0 radical (unpaired) electrons. The maximum absolute atomic E-state index is 12.9. The van der Waals surface area contributed by atoms with Crippen molar-refractivity contribution in [3.63, 3.8) is 0 Å². The van der Waals surface area contributed by atoms with Crippen LogP contribution in [0.25, 0.3) is 11.4 Å². The molecule has 0 aliphatic carbocycles. The molecule has 2 fully saturated rings. The number of nitrogens with zero attached hydrogens (tertiary/aromatic N) is 5. The summed E-state index contributed by atoms with van der Waals surface area (Å²) < 4.78 is 23.3. The fourth-order valence-electron chi connectivity index (χ4n) is 4.77. The van der Waals surface area contributed by atoms with Crippen molar-refractivity contribution in [1.82, 2.24) is 25.0 Å². The third-order valence-electron chi connectivity index (χ3n) is 6.89. The van der Waals surface area contributed by atoms with E-state index < -0.39 is 9.84 Å². The van der Waals surface area contributed by atoms with Crippen molar-refractivity contribution >= 4 is 21.4 Å². The Labute approximate surface area is 216 Å². The van der Waals surface area contributed by atoms with Crippen LogP contribution < -0.4 is 5.32 Å². The molecule has 2 aliphatic rings. The summed E-state index contributed by atoms with van der Waals surface area (Å²) in [4.78, 5) is 21.7. The van der Waals surface area contributed by atoms with E-state index in [9.17, 15) is 13.2 Å². The molecule has 5 rings (SSSR count). The molecule has 1 unspecified atom stereocenters. The normalized spacial score (nSPS) is 19.9. The second-order valence-electron chi connectivity index (χ2n) is 9.58. The number of H-pyrrole nitrogens is 1. The average molecular weight is 520 g/mol. The highest BCUT2D eigenvalue weighted by molar-refractivity contribution is 7.91. The fourth-order valence-corrected chi connectivity index (χ4v) is 6.05. The lowest BCUT2D eigenvalue weighted by Crippen LogP contribution is -2.39. The molecule has 2 N–H and O–H groups in total. The highest BCUT2D eigenvalue weighted by Crippen LogP contribution is 2.26. The Morgan fingerprint density at radius 3 is 2.65 bits per heavy atom. The van der Waals surface area contributed by atoms with Crippen LogP contribution >= 0.6 is 0 Å². The maximum Gasteiger partial charge on any atom is 0.255 e. The number of hydrogen-bond donors (Lipinski definition) is 2. The first-order valence-corrected chi connectivity index (χ1v) is 14.2. The molecule has 11 heteroatoms. The van der Waals surface area contributed by atoms with Gasteiger partial charge < -0.3 is 5.32 Å². The predicted octanol–water partition coefficient (Wildman–Crippen LogP) is 2.27. The lowest BCUT2D eigenvalue weighted by Gasteiger charge is -2.26. The molecule has 0 saturated carbocycles. The number of likely N-dealkylation sites (tertiary alicyclic amines) is 1. The Morgan fingerprint density at radius 1 is 1.11 bits per heavy atom. The zero-order valence-electron chi connectivity index (χ0n) is 20.4. The summed E-state index contributed by atoms with van der Waals surface area (Å²) in [5.74, 6) is 1.83. The van der Waals surface area contributed by atoms with E-state index in [-0.39, 0.29) is 23.3 Å². The molecule has 0 spiro atoms. The number of carbonyl (C=O) groups is 1. The summed E-state index contributed by atoms with van der Waals surface area (Å²) in [7, 11) is -2.92. The van der Waals surface area contributed by atoms with Crippen LogP contribution in [0.2, 0.25) is 0 Å². The summed E-state index contributed by atoms with van der Waals surface area (Å²) in [5, 5.41) is 19.2. The first-order valence-electron chi connectivity index (χ1n) is 12.3. The first kappa shape index (κ1) is 25.1. The molecule has 10 nitrogen and oxygen atoms in total. The number of aromatic nitrogens is 3. The molecule has 1 aromatic heterocycles. The van der Waals surface area contributed by atoms with E-state index in [1.807, 2.05) is 42.5 Å². The van der Waals surface area contributed by atoms with Gasteiger partial charge in [-0.1, -0.05) is 12.1 Å². The van der Waals surface area contributed by atoms with Crippen molar-refractivity contribution < 1.29 is 13.2 Å². The topological polar surface area (TPSA) is 135 Å². The smallest absolute Gasteiger partial charge is 0.255 e. The molecular formula is C26H29N7O3S. The van der Waals surface area contributed by atoms with Crippen LogP contribution in [0.15, 0.2) is 48.5 Å². The van der Waals surface area contributed by atoms with Gasteiger partial charge in [0.05, 0.1) is 24.1 Å². The standard InChI is InChI=1S/C26H29N7O3S/c27-9-11-32-10-8-22(18-32)25-29-24(30-31-25)20-4-6-23(7-5-20)28-26(34)21-3-1-2-19(16-21)17-33-12-14-37(35,36)15-13-33/h1-7,16,22H,8,10-15,17-18H2,(H,28,34)(H,29,30,31). The summed E-state index contributed by atoms with van der Waals surface area (Å²) in [6.07, 6.45) is 0.947. The lowest BCUT2D eigenvalue weighted by atomic mass is 10.1. The summed E-state index contributed by atoms with van der Waals surface area (Å²) in [6, 6.07) is 17.0. The number of benzene rings is 2. The molecule has 3 heterocycles. The van der Waals surface area contributed by atoms with E-state index in [1.54, 1.807) is 6.07 Å². The van der Waals surface area contributed by atoms with E-state index >= 15 is 0 Å². The number of carbonyl (C=O) groups excluding carboxylic acids is 1. The van der Waals surface area contributed by atoms with Crippen molar-refractivity contribution in [2.45, 2.75) is 18.9 Å². The molecule has 1 amide bonds. The minimum Gasteiger partial charge on any atom is -0.322 e. The molecule has 2 saturated heterocycles. The molecule has 2 aliphatic heterocycles. The van der Waals surface area contributed by atoms with Crippen LogP contribution in [0.4, 0.5) is 5.69 Å². The monoisotopic (exact) mass is 519 g/mol. The van der Waals surface area contributed by atoms with Crippen LogP contribution in [0.5, 0.6) is 0 Å². The molecule has 37 heavy (non-hydrogen) atoms. The zero-order valence-corrected chi connectivity index (χ0v) is 21.2. The maximum atomic E-state index is 12.9. The quantitative estimate of drug-likeness (QED) is 0.454. The van der Waals surface area contributed by atoms with Gasteiger partial charge in [-0.3, -0.25) is 19.7 Å². The molecule has 0 bridgehead atoms. The highest BCUT2D eigenvalue weighted by atomic mass is 32.2. The van der Waals surface area contributed by atoms with Gasteiger partial charge in [0, 0.05) is 48.9 Å². The van der Waals surface area contributed by atoms with E-state index in [4.69, 9.17) is 5.26 Å². The molecule has 2 aromatic carbocycles. The highest BCUT2D eigenvalue weighted by Gasteiger charge is 2.26. The number of sulfone groups is 1. The Kier molecular flexibility index (Phi) is 7.32. The lowest BCUT2D eigenvalue weighted by molar-refractivity contribution is 0.102. The Hall–Kier alpha value is -3.59. The first-order chi connectivity index (χ1) is 17.9. The van der Waals surface area contributed by atoms with Gasteiger partial charge in [0.15, 0.2) is 15.7 Å². The number of aromatic amines is 1. The van der Waals surface area contributed by atoms with Gasteiger partial charge >= 0.3 is 0 Å². The van der Waals surface area contributed by atoms with Gasteiger partial charge in [0.25, 0.3) is 5.91 Å². The second-order valence-corrected chi connectivity index (χ2v) is 11.9. The van der Waals surface area contributed by atoms with Crippen LogP contribution in [-0.2, 0) is 16.4 Å². The van der Waals surface area contributed by atoms with Crippen LogP contribution in [0.3, 0.4) is 0 Å². The fraction of sp³-hybridized carbons (Fsp3) is 0.385. The second kappa shape index (κ2) is 10.8. The average Bonchev–Trinajstić information content (AvgIpc) is 3.56. The van der Waals surface area contributed by atoms with Crippen LogP contribution in [-0.4, -0.2) is 83.5 Å². The Morgan fingerprint density at radius 2 is 1.89 bits per heavy atom. The Bertz CT molecular complexity index is 1400. The van der Waals surface area contributed by atoms with Gasteiger partial charge in [-0.15, -0.1) is 0 Å². The summed E-state index contributed by atoms with van der Waals surface area (Å²) >= 11 is 0. The summed E-state index contributed by atoms with van der Waals surface area (Å²) in [5.41, 5.74) is 3.03. The molecule has 3 aromatic rings. The number of nitriles is 1. The minimum absolute atomic E-state index is 0.180. The SMILES string of the molecule is N#CCN1CCC(c2nc(-c3ccc(NC(=O)c4cccc(CN5CCS(=O)(=O)CC5)c4)cc3)n[nH]2)C1. The minimum atomic E-state index is -2.92. The van der Waals surface area contributed by atoms with Gasteiger partial charge in [-0.05, 0) is 54.9 Å². The van der Waals surface area contributed by atoms with Crippen molar-refractivity contribution in [2.75, 3.05) is 49.5 Å². The largest absolute Gasteiger partial charge is 0.322 e. The third-order valence-corrected chi connectivity index (χ3v) is 8.50. The summed E-state index contributed by atoms with van der Waals surface area (Å²) in [6.45, 7) is 3.75. The van der Waals surface area contributed by atoms with Crippen molar-refractivity contribution in [3.05, 3.63) is 65.5 Å². The van der Waals surface area contributed by atoms with E-state index in [0.717, 1.165) is 36.5 Å². The van der Waals surface area contributed by atoms with Gasteiger partial charge in [0.1, 0.15) is 5.82 Å². The molecular weight excluding hydrogens is 490 g/mol. The van der Waals surface area contributed by atoms with Gasteiger partial charge in [0.2, 0.25) is 0 Å².